The van der Waals surface area contributed by atoms with Crippen molar-refractivity contribution < 1.29 is 14.3 Å². The van der Waals surface area contributed by atoms with Gasteiger partial charge in [-0.1, -0.05) is 15.9 Å². The highest BCUT2D eigenvalue weighted by Gasteiger charge is 2.28. The number of benzene rings is 1. The van der Waals surface area contributed by atoms with Gasteiger partial charge in [-0.25, -0.2) is 4.79 Å². The van der Waals surface area contributed by atoms with Gasteiger partial charge < -0.3 is 10.1 Å². The van der Waals surface area contributed by atoms with E-state index in [4.69, 9.17) is 16.3 Å². The Hall–Kier alpha value is -0.590. The molecule has 110 valence electrons. The maximum absolute atomic E-state index is 12.2. The third kappa shape index (κ3) is 3.96. The van der Waals surface area contributed by atoms with Gasteiger partial charge in [0.05, 0.1) is 23.8 Å². The molecular formula is C13H14Br2ClNO3. The molecule has 0 aliphatic rings. The standard InChI is InChI=1S/C13H14Br2ClNO3/c1-13(2,6-16)12(19)17-10-8(11(18)20-3)4-7(14)5-9(10)15/h4-5H,6H2,1-3H3,(H,17,19). The molecule has 0 fully saturated rings. The van der Waals surface area contributed by atoms with Gasteiger partial charge in [-0.15, -0.1) is 11.6 Å². The van der Waals surface area contributed by atoms with Crippen LogP contribution in [0.4, 0.5) is 5.69 Å². The van der Waals surface area contributed by atoms with Gasteiger partial charge in [0.15, 0.2) is 0 Å². The van der Waals surface area contributed by atoms with Crippen molar-refractivity contribution in [3.8, 4) is 0 Å². The van der Waals surface area contributed by atoms with Gasteiger partial charge in [0.2, 0.25) is 5.91 Å². The summed E-state index contributed by atoms with van der Waals surface area (Å²) in [6.07, 6.45) is 0. The predicted molar refractivity (Wildman–Crippen MR) is 86.3 cm³/mol. The largest absolute Gasteiger partial charge is 0.465 e. The van der Waals surface area contributed by atoms with Crippen molar-refractivity contribution in [3.05, 3.63) is 26.6 Å². The molecule has 7 heteroatoms. The first kappa shape index (κ1) is 17.5. The Morgan fingerprint density at radius 1 is 1.35 bits per heavy atom. The molecule has 1 amide bonds. The number of esters is 1. The number of anilines is 1. The number of halogens is 3. The number of carbonyl (C=O) groups excluding carboxylic acids is 2. The smallest absolute Gasteiger partial charge is 0.340 e. The summed E-state index contributed by atoms with van der Waals surface area (Å²) in [5.74, 6) is -0.646. The number of amides is 1. The Morgan fingerprint density at radius 2 is 1.95 bits per heavy atom. The van der Waals surface area contributed by atoms with Crippen molar-refractivity contribution in [1.29, 1.82) is 0 Å². The minimum atomic E-state index is -0.749. The molecule has 1 aromatic rings. The summed E-state index contributed by atoms with van der Waals surface area (Å²) in [5, 5.41) is 2.72. The van der Waals surface area contributed by atoms with Crippen LogP contribution >= 0.6 is 43.5 Å². The van der Waals surface area contributed by atoms with Gasteiger partial charge in [0.25, 0.3) is 0 Å². The highest BCUT2D eigenvalue weighted by atomic mass is 79.9. The number of rotatable bonds is 4. The van der Waals surface area contributed by atoms with Crippen molar-refractivity contribution in [2.45, 2.75) is 13.8 Å². The molecule has 0 saturated carbocycles. The van der Waals surface area contributed by atoms with Crippen LogP contribution in [0.2, 0.25) is 0 Å². The molecule has 1 N–H and O–H groups in total. The van der Waals surface area contributed by atoms with Crippen LogP contribution in [0, 0.1) is 5.41 Å². The number of carbonyl (C=O) groups is 2. The molecule has 0 radical (unpaired) electrons. The van der Waals surface area contributed by atoms with E-state index in [0.717, 1.165) is 0 Å². The summed E-state index contributed by atoms with van der Waals surface area (Å²) in [7, 11) is 1.28. The quantitative estimate of drug-likeness (QED) is 0.579. The fraction of sp³-hybridized carbons (Fsp3) is 0.385. The lowest BCUT2D eigenvalue weighted by molar-refractivity contribution is -0.122. The van der Waals surface area contributed by atoms with Crippen LogP contribution in [0.5, 0.6) is 0 Å². The van der Waals surface area contributed by atoms with Gasteiger partial charge in [0, 0.05) is 14.8 Å². The normalized spacial score (nSPS) is 11.1. The van der Waals surface area contributed by atoms with Gasteiger partial charge >= 0.3 is 5.97 Å². The number of hydrogen-bond acceptors (Lipinski definition) is 3. The molecule has 0 unspecified atom stereocenters. The molecule has 0 aromatic heterocycles. The monoisotopic (exact) mass is 425 g/mol. The zero-order chi connectivity index (χ0) is 15.5. The average molecular weight is 428 g/mol. The van der Waals surface area contributed by atoms with E-state index in [1.165, 1.54) is 7.11 Å². The summed E-state index contributed by atoms with van der Waals surface area (Å²) in [6.45, 7) is 3.44. The molecule has 4 nitrogen and oxygen atoms in total. The molecule has 0 aliphatic heterocycles. The van der Waals surface area contributed by atoms with Crippen LogP contribution in [0.25, 0.3) is 0 Å². The second-order valence-corrected chi connectivity index (χ2v) is 6.81. The molecule has 0 saturated heterocycles. The highest BCUT2D eigenvalue weighted by molar-refractivity contribution is 9.11. The molecule has 1 aromatic carbocycles. The van der Waals surface area contributed by atoms with Crippen LogP contribution in [0.15, 0.2) is 21.1 Å². The van der Waals surface area contributed by atoms with Crippen molar-refractivity contribution in [2.75, 3.05) is 18.3 Å². The first-order valence-corrected chi connectivity index (χ1v) is 7.79. The minimum absolute atomic E-state index is 0.167. The number of hydrogen-bond donors (Lipinski definition) is 1. The lowest BCUT2D eigenvalue weighted by atomic mass is 9.95. The molecule has 1 rings (SSSR count). The van der Waals surface area contributed by atoms with Gasteiger partial charge in [-0.2, -0.15) is 0 Å². The first-order valence-electron chi connectivity index (χ1n) is 5.67. The van der Waals surface area contributed by atoms with Crippen molar-refractivity contribution in [1.82, 2.24) is 0 Å². The van der Waals surface area contributed by atoms with E-state index in [0.29, 0.717) is 14.6 Å². The molecule has 0 spiro atoms. The highest BCUT2D eigenvalue weighted by Crippen LogP contribution is 2.32. The summed E-state index contributed by atoms with van der Waals surface area (Å²) in [5.41, 5.74) is -0.128. The van der Waals surface area contributed by atoms with E-state index in [1.54, 1.807) is 26.0 Å². The molecule has 0 atom stereocenters. The Labute approximate surface area is 139 Å². The van der Waals surface area contributed by atoms with E-state index < -0.39 is 11.4 Å². The lowest BCUT2D eigenvalue weighted by Gasteiger charge is -2.22. The average Bonchev–Trinajstić information content (AvgIpc) is 2.40. The molecule has 0 heterocycles. The van der Waals surface area contributed by atoms with Crippen molar-refractivity contribution >= 4 is 61.0 Å². The Kier molecular flexibility index (Phi) is 6.04. The zero-order valence-corrected chi connectivity index (χ0v) is 15.1. The summed E-state index contributed by atoms with van der Waals surface area (Å²) < 4.78 is 5.99. The molecular weight excluding hydrogens is 413 g/mol. The SMILES string of the molecule is COC(=O)c1cc(Br)cc(Br)c1NC(=O)C(C)(C)CCl. The Balaban J connectivity index is 3.24. The van der Waals surface area contributed by atoms with E-state index >= 15 is 0 Å². The summed E-state index contributed by atoms with van der Waals surface area (Å²) >= 11 is 12.4. The molecule has 20 heavy (non-hydrogen) atoms. The van der Waals surface area contributed by atoms with Crippen LogP contribution < -0.4 is 5.32 Å². The number of ether oxygens (including phenoxy) is 1. The second kappa shape index (κ2) is 6.91. The Morgan fingerprint density at radius 3 is 2.45 bits per heavy atom. The maximum Gasteiger partial charge on any atom is 0.340 e. The van der Waals surface area contributed by atoms with E-state index in [9.17, 15) is 9.59 Å². The topological polar surface area (TPSA) is 55.4 Å². The second-order valence-electron chi connectivity index (χ2n) is 4.77. The first-order chi connectivity index (χ1) is 9.22. The lowest BCUT2D eigenvalue weighted by Crippen LogP contribution is -2.33. The zero-order valence-electron chi connectivity index (χ0n) is 11.2. The van der Waals surface area contributed by atoms with Gasteiger partial charge in [-0.05, 0) is 41.9 Å². The fourth-order valence-corrected chi connectivity index (χ4v) is 2.76. The molecule has 0 bridgehead atoms. The number of methoxy groups -OCH3 is 1. The van der Waals surface area contributed by atoms with Crippen LogP contribution in [-0.2, 0) is 9.53 Å². The minimum Gasteiger partial charge on any atom is -0.465 e. The van der Waals surface area contributed by atoms with Crippen molar-refractivity contribution in [2.24, 2.45) is 5.41 Å². The number of alkyl halides is 1. The van der Waals surface area contributed by atoms with Crippen LogP contribution in [-0.4, -0.2) is 24.9 Å². The fourth-order valence-electron chi connectivity index (χ4n) is 1.31. The maximum atomic E-state index is 12.2. The van der Waals surface area contributed by atoms with Crippen LogP contribution in [0.1, 0.15) is 24.2 Å². The van der Waals surface area contributed by atoms with E-state index in [-0.39, 0.29) is 17.4 Å². The van der Waals surface area contributed by atoms with E-state index in [2.05, 4.69) is 37.2 Å². The van der Waals surface area contributed by atoms with Gasteiger partial charge in [-0.3, -0.25) is 4.79 Å². The van der Waals surface area contributed by atoms with Crippen molar-refractivity contribution in [3.63, 3.8) is 0 Å². The Bertz CT molecular complexity index is 547. The summed E-state index contributed by atoms with van der Waals surface area (Å²) in [6, 6.07) is 3.32. The predicted octanol–water partition coefficient (Wildman–Crippen LogP) is 4.20. The number of nitrogens with one attached hydrogen (secondary N) is 1. The van der Waals surface area contributed by atoms with Gasteiger partial charge in [0.1, 0.15) is 0 Å². The third-order valence-corrected chi connectivity index (χ3v) is 4.40. The van der Waals surface area contributed by atoms with Crippen LogP contribution in [0.3, 0.4) is 0 Å². The molecule has 0 aliphatic carbocycles. The summed E-state index contributed by atoms with van der Waals surface area (Å²) in [4.78, 5) is 24.0. The third-order valence-electron chi connectivity index (χ3n) is 2.65. The van der Waals surface area contributed by atoms with E-state index in [1.807, 2.05) is 0 Å².